The fourth-order valence-electron chi connectivity index (χ4n) is 1.88. The fourth-order valence-corrected chi connectivity index (χ4v) is 1.88. The standard InChI is InChI=1S/C15H21F2NO3/c1-12-4-2-5-13(10-12)21-9-3-6-15(20)18(7-8-19)11-14(16)17/h2,4-5,10,14,19H,3,6-9,11H2,1H3. The van der Waals surface area contributed by atoms with Crippen molar-refractivity contribution >= 4 is 5.91 Å². The molecule has 0 aliphatic heterocycles. The predicted molar refractivity (Wildman–Crippen MR) is 75.6 cm³/mol. The van der Waals surface area contributed by atoms with Crippen molar-refractivity contribution in [1.29, 1.82) is 0 Å². The minimum atomic E-state index is -2.59. The zero-order valence-electron chi connectivity index (χ0n) is 12.1. The first kappa shape index (κ1) is 17.4. The molecule has 6 heteroatoms. The van der Waals surface area contributed by atoms with Crippen molar-refractivity contribution in [2.45, 2.75) is 26.2 Å². The minimum absolute atomic E-state index is 0.0675. The van der Waals surface area contributed by atoms with Gasteiger partial charge < -0.3 is 14.7 Å². The van der Waals surface area contributed by atoms with Crippen molar-refractivity contribution in [3.63, 3.8) is 0 Å². The van der Waals surface area contributed by atoms with Crippen molar-refractivity contribution in [2.75, 3.05) is 26.3 Å². The predicted octanol–water partition coefficient (Wildman–Crippen LogP) is 2.24. The van der Waals surface area contributed by atoms with E-state index in [-0.39, 0.29) is 19.6 Å². The molecule has 1 aromatic carbocycles. The molecule has 0 radical (unpaired) electrons. The second-order valence-electron chi connectivity index (χ2n) is 4.72. The number of aryl methyl sites for hydroxylation is 1. The van der Waals surface area contributed by atoms with Crippen LogP contribution < -0.4 is 4.74 Å². The lowest BCUT2D eigenvalue weighted by Gasteiger charge is -2.21. The number of aliphatic hydroxyl groups excluding tert-OH is 1. The summed E-state index contributed by atoms with van der Waals surface area (Å²) in [6.07, 6.45) is -2.03. The summed E-state index contributed by atoms with van der Waals surface area (Å²) in [6.45, 7) is 1.27. The molecule has 0 saturated carbocycles. The molecule has 0 atom stereocenters. The van der Waals surface area contributed by atoms with Crippen LogP contribution in [-0.2, 0) is 4.79 Å². The van der Waals surface area contributed by atoms with Crippen LogP contribution in [0.1, 0.15) is 18.4 Å². The Hall–Kier alpha value is -1.69. The third-order valence-electron chi connectivity index (χ3n) is 2.87. The summed E-state index contributed by atoms with van der Waals surface area (Å²) in [5, 5.41) is 8.78. The normalized spacial score (nSPS) is 10.7. The zero-order valence-corrected chi connectivity index (χ0v) is 12.1. The Bertz CT molecular complexity index is 441. The van der Waals surface area contributed by atoms with Gasteiger partial charge >= 0.3 is 0 Å². The van der Waals surface area contributed by atoms with Crippen molar-refractivity contribution < 1.29 is 23.4 Å². The van der Waals surface area contributed by atoms with Gasteiger partial charge in [-0.2, -0.15) is 0 Å². The van der Waals surface area contributed by atoms with Gasteiger partial charge in [0.15, 0.2) is 0 Å². The molecular formula is C15H21F2NO3. The van der Waals surface area contributed by atoms with Crippen LogP contribution in [0.3, 0.4) is 0 Å². The van der Waals surface area contributed by atoms with E-state index in [2.05, 4.69) is 0 Å². The highest BCUT2D eigenvalue weighted by Crippen LogP contribution is 2.13. The smallest absolute Gasteiger partial charge is 0.255 e. The van der Waals surface area contributed by atoms with E-state index in [1.54, 1.807) is 0 Å². The lowest BCUT2D eigenvalue weighted by Crippen LogP contribution is -2.37. The lowest BCUT2D eigenvalue weighted by molar-refractivity contribution is -0.133. The van der Waals surface area contributed by atoms with Crippen molar-refractivity contribution in [3.8, 4) is 5.75 Å². The number of carbonyl (C=O) groups is 1. The van der Waals surface area contributed by atoms with Crippen LogP contribution in [0.15, 0.2) is 24.3 Å². The maximum absolute atomic E-state index is 12.3. The van der Waals surface area contributed by atoms with E-state index < -0.39 is 18.9 Å². The number of ether oxygens (including phenoxy) is 1. The Balaban J connectivity index is 2.31. The Morgan fingerprint density at radius 2 is 2.19 bits per heavy atom. The van der Waals surface area contributed by atoms with E-state index in [1.165, 1.54) is 0 Å². The maximum atomic E-state index is 12.3. The van der Waals surface area contributed by atoms with E-state index in [0.717, 1.165) is 16.2 Å². The van der Waals surface area contributed by atoms with Crippen molar-refractivity contribution in [3.05, 3.63) is 29.8 Å². The van der Waals surface area contributed by atoms with Crippen LogP contribution in [0.5, 0.6) is 5.75 Å². The van der Waals surface area contributed by atoms with E-state index in [1.807, 2.05) is 31.2 Å². The van der Waals surface area contributed by atoms with Gasteiger partial charge in [0.1, 0.15) is 5.75 Å². The van der Waals surface area contributed by atoms with Gasteiger partial charge in [-0.3, -0.25) is 4.79 Å². The molecule has 0 saturated heterocycles. The number of amides is 1. The molecule has 1 aromatic rings. The molecule has 0 spiro atoms. The van der Waals surface area contributed by atoms with E-state index in [9.17, 15) is 13.6 Å². The molecule has 0 aliphatic rings. The third kappa shape index (κ3) is 7.04. The van der Waals surface area contributed by atoms with Crippen LogP contribution >= 0.6 is 0 Å². The molecule has 118 valence electrons. The van der Waals surface area contributed by atoms with Crippen LogP contribution in [0.2, 0.25) is 0 Å². The number of aliphatic hydroxyl groups is 1. The largest absolute Gasteiger partial charge is 0.494 e. The first-order valence-corrected chi connectivity index (χ1v) is 6.89. The lowest BCUT2D eigenvalue weighted by atomic mass is 10.2. The molecule has 1 rings (SSSR count). The summed E-state index contributed by atoms with van der Waals surface area (Å²) in [5.41, 5.74) is 1.08. The highest BCUT2D eigenvalue weighted by Gasteiger charge is 2.17. The van der Waals surface area contributed by atoms with Gasteiger partial charge in [-0.05, 0) is 31.0 Å². The number of alkyl halides is 2. The van der Waals surface area contributed by atoms with Gasteiger partial charge in [-0.1, -0.05) is 12.1 Å². The first-order chi connectivity index (χ1) is 10.0. The molecule has 0 aromatic heterocycles. The monoisotopic (exact) mass is 301 g/mol. The summed E-state index contributed by atoms with van der Waals surface area (Å²) in [6, 6.07) is 7.54. The fraction of sp³-hybridized carbons (Fsp3) is 0.533. The van der Waals surface area contributed by atoms with E-state index in [0.29, 0.717) is 13.0 Å². The molecule has 21 heavy (non-hydrogen) atoms. The Morgan fingerprint density at radius 3 is 2.81 bits per heavy atom. The summed E-state index contributed by atoms with van der Waals surface area (Å²) in [7, 11) is 0. The number of halogens is 2. The van der Waals surface area contributed by atoms with Crippen LogP contribution in [-0.4, -0.2) is 48.6 Å². The van der Waals surface area contributed by atoms with E-state index in [4.69, 9.17) is 9.84 Å². The second-order valence-corrected chi connectivity index (χ2v) is 4.72. The number of nitrogens with zero attached hydrogens (tertiary/aromatic N) is 1. The molecule has 0 aliphatic carbocycles. The molecule has 0 fully saturated rings. The first-order valence-electron chi connectivity index (χ1n) is 6.89. The molecule has 0 heterocycles. The highest BCUT2D eigenvalue weighted by atomic mass is 19.3. The molecule has 1 amide bonds. The molecule has 0 bridgehead atoms. The number of rotatable bonds is 9. The summed E-state index contributed by atoms with van der Waals surface area (Å²) in [4.78, 5) is 12.7. The van der Waals surface area contributed by atoms with E-state index >= 15 is 0 Å². The average Bonchev–Trinajstić information content (AvgIpc) is 2.42. The third-order valence-corrected chi connectivity index (χ3v) is 2.87. The topological polar surface area (TPSA) is 49.8 Å². The number of hydrogen-bond acceptors (Lipinski definition) is 3. The highest BCUT2D eigenvalue weighted by molar-refractivity contribution is 5.76. The van der Waals surface area contributed by atoms with Gasteiger partial charge in [0, 0.05) is 13.0 Å². The quantitative estimate of drug-likeness (QED) is 0.712. The number of carbonyl (C=O) groups excluding carboxylic acids is 1. The maximum Gasteiger partial charge on any atom is 0.255 e. The van der Waals surface area contributed by atoms with Gasteiger partial charge in [-0.15, -0.1) is 0 Å². The average molecular weight is 301 g/mol. The summed E-state index contributed by atoms with van der Waals surface area (Å²) >= 11 is 0. The SMILES string of the molecule is Cc1cccc(OCCCC(=O)N(CCO)CC(F)F)c1. The number of benzene rings is 1. The van der Waals surface area contributed by atoms with Crippen LogP contribution in [0.25, 0.3) is 0 Å². The van der Waals surface area contributed by atoms with Crippen LogP contribution in [0, 0.1) is 6.92 Å². The summed E-state index contributed by atoms with van der Waals surface area (Å²) < 4.78 is 30.1. The Kier molecular flexibility index (Phi) is 7.68. The Morgan fingerprint density at radius 1 is 1.43 bits per heavy atom. The second kappa shape index (κ2) is 9.28. The van der Waals surface area contributed by atoms with Crippen molar-refractivity contribution in [2.24, 2.45) is 0 Å². The molecule has 0 unspecified atom stereocenters. The zero-order chi connectivity index (χ0) is 15.7. The Labute approximate surface area is 123 Å². The minimum Gasteiger partial charge on any atom is -0.494 e. The van der Waals surface area contributed by atoms with Gasteiger partial charge in [0.2, 0.25) is 5.91 Å². The number of hydrogen-bond donors (Lipinski definition) is 1. The molecular weight excluding hydrogens is 280 g/mol. The van der Waals surface area contributed by atoms with Crippen LogP contribution in [0.4, 0.5) is 8.78 Å². The molecule has 4 nitrogen and oxygen atoms in total. The van der Waals surface area contributed by atoms with Gasteiger partial charge in [0.25, 0.3) is 6.43 Å². The van der Waals surface area contributed by atoms with Gasteiger partial charge in [0.05, 0.1) is 19.8 Å². The van der Waals surface area contributed by atoms with Crippen molar-refractivity contribution in [1.82, 2.24) is 4.90 Å². The molecule has 1 N–H and O–H groups in total. The van der Waals surface area contributed by atoms with Gasteiger partial charge in [-0.25, -0.2) is 8.78 Å². The summed E-state index contributed by atoms with van der Waals surface area (Å²) in [5.74, 6) is 0.333.